The predicted molar refractivity (Wildman–Crippen MR) is 112 cm³/mol. The molecule has 0 aliphatic heterocycles. The van der Waals surface area contributed by atoms with Crippen molar-refractivity contribution in [3.8, 4) is 11.1 Å². The van der Waals surface area contributed by atoms with E-state index < -0.39 is 16.7 Å². The van der Waals surface area contributed by atoms with E-state index in [0.29, 0.717) is 10.6 Å². The van der Waals surface area contributed by atoms with Crippen LogP contribution in [0.1, 0.15) is 50.3 Å². The second kappa shape index (κ2) is 6.66. The first-order valence-corrected chi connectivity index (χ1v) is 9.77. The molecule has 1 fully saturated rings. The quantitative estimate of drug-likeness (QED) is 0.631. The molecule has 2 aromatic rings. The monoisotopic (exact) mass is 396 g/mol. The van der Waals surface area contributed by atoms with Gasteiger partial charge in [0.2, 0.25) is 0 Å². The molecule has 28 heavy (non-hydrogen) atoms. The van der Waals surface area contributed by atoms with E-state index in [1.54, 1.807) is 27.7 Å². The van der Waals surface area contributed by atoms with Crippen molar-refractivity contribution in [1.29, 1.82) is 0 Å². The van der Waals surface area contributed by atoms with E-state index in [1.165, 1.54) is 0 Å². The molecule has 0 spiro atoms. The first-order chi connectivity index (χ1) is 12.9. The highest BCUT2D eigenvalue weighted by Gasteiger charge is 2.58. The van der Waals surface area contributed by atoms with Crippen molar-refractivity contribution < 1.29 is 14.4 Å². The van der Waals surface area contributed by atoms with Gasteiger partial charge in [0.05, 0.1) is 10.8 Å². The van der Waals surface area contributed by atoms with Crippen LogP contribution in [-0.2, 0) is 14.4 Å². The van der Waals surface area contributed by atoms with Gasteiger partial charge in [-0.3, -0.25) is 14.4 Å². The molecule has 0 N–H and O–H groups in total. The van der Waals surface area contributed by atoms with Crippen LogP contribution in [0.4, 0.5) is 0 Å². The maximum Gasteiger partial charge on any atom is 0.160 e. The lowest BCUT2D eigenvalue weighted by molar-refractivity contribution is -0.157. The van der Waals surface area contributed by atoms with Gasteiger partial charge in [-0.25, -0.2) is 0 Å². The molecule has 0 saturated heterocycles. The highest BCUT2D eigenvalue weighted by molar-refractivity contribution is 6.31. The minimum Gasteiger partial charge on any atom is -0.298 e. The van der Waals surface area contributed by atoms with Crippen molar-refractivity contribution in [1.82, 2.24) is 0 Å². The van der Waals surface area contributed by atoms with Crippen molar-refractivity contribution in [3.05, 3.63) is 58.1 Å². The van der Waals surface area contributed by atoms with E-state index in [9.17, 15) is 14.4 Å². The molecule has 1 aliphatic rings. The number of aryl methyl sites for hydroxylation is 2. The topological polar surface area (TPSA) is 51.2 Å². The number of benzene rings is 2. The lowest BCUT2D eigenvalue weighted by Gasteiger charge is -2.41. The molecule has 4 heteroatoms. The van der Waals surface area contributed by atoms with Gasteiger partial charge in [0, 0.05) is 5.02 Å². The molecule has 3 nitrogen and oxygen atoms in total. The third-order valence-electron chi connectivity index (χ3n) is 5.97. The molecule has 0 bridgehead atoms. The van der Waals surface area contributed by atoms with Crippen LogP contribution >= 0.6 is 11.6 Å². The first kappa shape index (κ1) is 20.5. The largest absolute Gasteiger partial charge is 0.298 e. The Hall–Kier alpha value is -2.26. The molecule has 0 atom stereocenters. The molecule has 0 unspecified atom stereocenters. The molecule has 1 saturated carbocycles. The van der Waals surface area contributed by atoms with Crippen LogP contribution in [0.3, 0.4) is 0 Å². The Morgan fingerprint density at radius 2 is 1.25 bits per heavy atom. The fourth-order valence-corrected chi connectivity index (χ4v) is 4.20. The zero-order chi connectivity index (χ0) is 21.0. The number of rotatable bonds is 2. The summed E-state index contributed by atoms with van der Waals surface area (Å²) in [6.07, 6.45) is 0. The number of carbonyl (C=O) groups excluding carboxylic acids is 3. The summed E-state index contributed by atoms with van der Waals surface area (Å²) in [7, 11) is 0. The summed E-state index contributed by atoms with van der Waals surface area (Å²) in [4.78, 5) is 39.1. The first-order valence-electron chi connectivity index (χ1n) is 9.39. The zero-order valence-electron chi connectivity index (χ0n) is 17.1. The van der Waals surface area contributed by atoms with Crippen molar-refractivity contribution >= 4 is 29.0 Å². The van der Waals surface area contributed by atoms with E-state index in [4.69, 9.17) is 11.6 Å². The Labute approximate surface area is 171 Å². The second-order valence-electron chi connectivity index (χ2n) is 8.78. The molecule has 3 rings (SSSR count). The van der Waals surface area contributed by atoms with Crippen molar-refractivity contribution in [3.63, 3.8) is 0 Å². The standard InChI is InChI=1S/C24H25ClO3/c1-13-7-8-16(15-9-10-18(25)14(2)11-15)12-17(13)19-20(26)23(3,4)22(28)24(5,6)21(19)27/h7-12,19H,1-6H3. The minimum absolute atomic E-state index is 0.312. The number of carbonyl (C=O) groups is 3. The van der Waals surface area contributed by atoms with E-state index in [0.717, 1.165) is 22.3 Å². The molecule has 2 aromatic carbocycles. The summed E-state index contributed by atoms with van der Waals surface area (Å²) < 4.78 is 0. The van der Waals surface area contributed by atoms with E-state index in [1.807, 2.05) is 50.2 Å². The van der Waals surface area contributed by atoms with Gasteiger partial charge >= 0.3 is 0 Å². The third kappa shape index (κ3) is 3.02. The van der Waals surface area contributed by atoms with Crippen LogP contribution in [0.5, 0.6) is 0 Å². The van der Waals surface area contributed by atoms with Gasteiger partial charge < -0.3 is 0 Å². The second-order valence-corrected chi connectivity index (χ2v) is 9.18. The SMILES string of the molecule is Cc1cc(-c2ccc(C)c(C3C(=O)C(C)(C)C(=O)C(C)(C)C3=O)c2)ccc1Cl. The summed E-state index contributed by atoms with van der Waals surface area (Å²) in [5.74, 6) is -1.90. The van der Waals surface area contributed by atoms with E-state index >= 15 is 0 Å². The maximum atomic E-state index is 13.2. The van der Waals surface area contributed by atoms with Crippen LogP contribution in [0.15, 0.2) is 36.4 Å². The van der Waals surface area contributed by atoms with Gasteiger partial charge in [-0.1, -0.05) is 29.8 Å². The molecule has 0 amide bonds. The number of Topliss-reactive ketones (excluding diaryl/α,β-unsaturated/α-hetero) is 3. The summed E-state index contributed by atoms with van der Waals surface area (Å²) in [5.41, 5.74) is 1.99. The van der Waals surface area contributed by atoms with Gasteiger partial charge in [-0.15, -0.1) is 0 Å². The Morgan fingerprint density at radius 3 is 1.79 bits per heavy atom. The smallest absolute Gasteiger partial charge is 0.160 e. The Balaban J connectivity index is 2.17. The summed E-state index contributed by atoms with van der Waals surface area (Å²) >= 11 is 6.14. The lowest BCUT2D eigenvalue weighted by Crippen LogP contribution is -2.56. The number of hydrogen-bond acceptors (Lipinski definition) is 3. The number of hydrogen-bond donors (Lipinski definition) is 0. The van der Waals surface area contributed by atoms with Gasteiger partial charge in [-0.2, -0.15) is 0 Å². The number of ketones is 3. The fourth-order valence-electron chi connectivity index (χ4n) is 4.08. The summed E-state index contributed by atoms with van der Waals surface area (Å²) in [6, 6.07) is 11.5. The molecular weight excluding hydrogens is 372 g/mol. The van der Waals surface area contributed by atoms with Crippen LogP contribution in [-0.4, -0.2) is 17.3 Å². The van der Waals surface area contributed by atoms with Crippen LogP contribution in [0.2, 0.25) is 5.02 Å². The van der Waals surface area contributed by atoms with Gasteiger partial charge in [0.1, 0.15) is 5.92 Å². The van der Waals surface area contributed by atoms with Crippen molar-refractivity contribution in [2.75, 3.05) is 0 Å². The highest BCUT2D eigenvalue weighted by Crippen LogP contribution is 2.45. The van der Waals surface area contributed by atoms with Crippen LogP contribution in [0, 0.1) is 24.7 Å². The molecule has 0 radical (unpaired) electrons. The normalized spacial score (nSPS) is 19.2. The van der Waals surface area contributed by atoms with Crippen molar-refractivity contribution in [2.24, 2.45) is 10.8 Å². The van der Waals surface area contributed by atoms with E-state index in [2.05, 4.69) is 0 Å². The fraction of sp³-hybridized carbons (Fsp3) is 0.375. The summed E-state index contributed by atoms with van der Waals surface area (Å²) in [6.45, 7) is 10.3. The molecule has 146 valence electrons. The Kier molecular flexibility index (Phi) is 4.87. The molecular formula is C24H25ClO3. The van der Waals surface area contributed by atoms with E-state index in [-0.39, 0.29) is 17.3 Å². The van der Waals surface area contributed by atoms with Gasteiger partial charge in [0.25, 0.3) is 0 Å². The average Bonchev–Trinajstić information content (AvgIpc) is 2.63. The molecule has 1 aliphatic carbocycles. The minimum atomic E-state index is -1.19. The lowest BCUT2D eigenvalue weighted by atomic mass is 9.57. The summed E-state index contributed by atoms with van der Waals surface area (Å²) in [5, 5.41) is 0.690. The van der Waals surface area contributed by atoms with Gasteiger partial charge in [-0.05, 0) is 87.6 Å². The number of halogens is 1. The Morgan fingerprint density at radius 1 is 0.750 bits per heavy atom. The third-order valence-corrected chi connectivity index (χ3v) is 6.40. The average molecular weight is 397 g/mol. The molecule has 0 heterocycles. The van der Waals surface area contributed by atoms with Crippen LogP contribution in [0.25, 0.3) is 11.1 Å². The highest BCUT2D eigenvalue weighted by atomic mass is 35.5. The Bertz CT molecular complexity index is 985. The molecule has 0 aromatic heterocycles. The maximum absolute atomic E-state index is 13.2. The zero-order valence-corrected chi connectivity index (χ0v) is 17.9. The predicted octanol–water partition coefficient (Wildman–Crippen LogP) is 5.48. The van der Waals surface area contributed by atoms with Crippen molar-refractivity contribution in [2.45, 2.75) is 47.5 Å². The van der Waals surface area contributed by atoms with Gasteiger partial charge in [0.15, 0.2) is 17.3 Å². The van der Waals surface area contributed by atoms with Crippen LogP contribution < -0.4 is 0 Å².